The average Bonchev–Trinajstić information content (AvgIpc) is 2.69. The van der Waals surface area contributed by atoms with Gasteiger partial charge in [-0.3, -0.25) is 0 Å². The van der Waals surface area contributed by atoms with Crippen molar-refractivity contribution in [2.45, 2.75) is 24.8 Å². The fourth-order valence-corrected chi connectivity index (χ4v) is 4.44. The molecule has 2 aromatic carbocycles. The van der Waals surface area contributed by atoms with Crippen molar-refractivity contribution < 1.29 is 23.0 Å². The number of aliphatic hydroxyl groups is 1. The van der Waals surface area contributed by atoms with Crippen LogP contribution in [0.5, 0.6) is 5.75 Å². The summed E-state index contributed by atoms with van der Waals surface area (Å²) in [5.74, 6) is 0.514. The molecule has 146 valence electrons. The van der Waals surface area contributed by atoms with Crippen LogP contribution in [0.3, 0.4) is 0 Å². The molecule has 0 radical (unpaired) electrons. The van der Waals surface area contributed by atoms with Crippen LogP contribution in [-0.2, 0) is 14.8 Å². The van der Waals surface area contributed by atoms with Gasteiger partial charge < -0.3 is 14.6 Å². The first kappa shape index (κ1) is 19.8. The molecule has 1 saturated heterocycles. The number of nitrogens with zero attached hydrogens (tertiary/aromatic N) is 1. The highest BCUT2D eigenvalue weighted by atomic mass is 32.2. The molecule has 7 heteroatoms. The normalized spacial score (nSPS) is 16.9. The first-order valence-electron chi connectivity index (χ1n) is 8.94. The summed E-state index contributed by atoms with van der Waals surface area (Å²) in [6.45, 7) is 5.58. The van der Waals surface area contributed by atoms with Gasteiger partial charge in [0.15, 0.2) is 0 Å². The monoisotopic (exact) mass is 391 g/mol. The molecule has 1 aliphatic rings. The Balaban J connectivity index is 1.64. The minimum Gasteiger partial charge on any atom is -0.491 e. The van der Waals surface area contributed by atoms with Crippen LogP contribution in [0.4, 0.5) is 0 Å². The van der Waals surface area contributed by atoms with E-state index in [1.807, 2.05) is 32.0 Å². The van der Waals surface area contributed by atoms with Crippen molar-refractivity contribution in [2.24, 2.45) is 0 Å². The second kappa shape index (κ2) is 8.39. The molecule has 6 nitrogen and oxygen atoms in total. The van der Waals surface area contributed by atoms with E-state index >= 15 is 0 Å². The van der Waals surface area contributed by atoms with Gasteiger partial charge in [0, 0.05) is 13.1 Å². The highest BCUT2D eigenvalue weighted by molar-refractivity contribution is 7.89. The van der Waals surface area contributed by atoms with E-state index in [0.29, 0.717) is 32.1 Å². The van der Waals surface area contributed by atoms with Crippen LogP contribution in [-0.4, -0.2) is 50.7 Å². The van der Waals surface area contributed by atoms with Crippen molar-refractivity contribution >= 4 is 10.0 Å². The summed E-state index contributed by atoms with van der Waals surface area (Å²) in [5.41, 5.74) is 2.91. The first-order chi connectivity index (χ1) is 12.9. The third kappa shape index (κ3) is 4.68. The number of ether oxygens (including phenoxy) is 2. The number of aryl methyl sites for hydroxylation is 2. The van der Waals surface area contributed by atoms with E-state index in [9.17, 15) is 13.5 Å². The Morgan fingerprint density at radius 2 is 1.78 bits per heavy atom. The first-order valence-corrected chi connectivity index (χ1v) is 10.4. The number of aliphatic hydroxyl groups excluding tert-OH is 1. The second-order valence-electron chi connectivity index (χ2n) is 6.67. The predicted octanol–water partition coefficient (Wildman–Crippen LogP) is 2.44. The maximum Gasteiger partial charge on any atom is 0.243 e. The Morgan fingerprint density at radius 3 is 2.44 bits per heavy atom. The Morgan fingerprint density at radius 1 is 1.11 bits per heavy atom. The van der Waals surface area contributed by atoms with E-state index in [0.717, 1.165) is 16.7 Å². The molecule has 1 N–H and O–H groups in total. The summed E-state index contributed by atoms with van der Waals surface area (Å²) in [6.07, 6.45) is -0.748. The highest BCUT2D eigenvalue weighted by Crippen LogP contribution is 2.23. The summed E-state index contributed by atoms with van der Waals surface area (Å²) < 4.78 is 37.5. The zero-order valence-electron chi connectivity index (χ0n) is 15.6. The van der Waals surface area contributed by atoms with E-state index in [-0.39, 0.29) is 11.5 Å². The molecule has 1 atom stereocenters. The molecule has 0 amide bonds. The van der Waals surface area contributed by atoms with Crippen molar-refractivity contribution in [3.05, 3.63) is 59.2 Å². The van der Waals surface area contributed by atoms with Crippen LogP contribution in [0.25, 0.3) is 0 Å². The fourth-order valence-electron chi connectivity index (χ4n) is 3.03. The van der Waals surface area contributed by atoms with Gasteiger partial charge in [-0.15, -0.1) is 0 Å². The molecule has 27 heavy (non-hydrogen) atoms. The number of rotatable bonds is 6. The maximum atomic E-state index is 12.6. The molecule has 0 saturated carbocycles. The van der Waals surface area contributed by atoms with Crippen molar-refractivity contribution in [1.82, 2.24) is 4.31 Å². The summed E-state index contributed by atoms with van der Waals surface area (Å²) >= 11 is 0. The number of hydrogen-bond acceptors (Lipinski definition) is 5. The number of sulfonamides is 1. The standard InChI is InChI=1S/C20H25NO5S/c1-15-3-4-16(2)19(13-15)20(22)14-26-17-5-7-18(8-6-17)27(23,24)21-9-11-25-12-10-21/h3-8,13,20,22H,9-12,14H2,1-2H3. The smallest absolute Gasteiger partial charge is 0.243 e. The molecule has 1 aliphatic heterocycles. The van der Waals surface area contributed by atoms with E-state index in [4.69, 9.17) is 9.47 Å². The number of benzene rings is 2. The third-order valence-corrected chi connectivity index (χ3v) is 6.55. The van der Waals surface area contributed by atoms with E-state index in [2.05, 4.69) is 0 Å². The molecule has 1 fully saturated rings. The average molecular weight is 391 g/mol. The van der Waals surface area contributed by atoms with Crippen LogP contribution in [0, 0.1) is 13.8 Å². The lowest BCUT2D eigenvalue weighted by atomic mass is 10.0. The van der Waals surface area contributed by atoms with E-state index in [1.54, 1.807) is 12.1 Å². The Labute approximate surface area is 160 Å². The van der Waals surface area contributed by atoms with Crippen molar-refractivity contribution in [3.63, 3.8) is 0 Å². The van der Waals surface area contributed by atoms with Gasteiger partial charge in [-0.05, 0) is 49.2 Å². The van der Waals surface area contributed by atoms with Gasteiger partial charge in [-0.25, -0.2) is 8.42 Å². The van der Waals surface area contributed by atoms with Gasteiger partial charge in [0.25, 0.3) is 0 Å². The Kier molecular flexibility index (Phi) is 6.16. The van der Waals surface area contributed by atoms with Gasteiger partial charge in [0.1, 0.15) is 18.5 Å². The second-order valence-corrected chi connectivity index (χ2v) is 8.61. The summed E-state index contributed by atoms with van der Waals surface area (Å²) in [7, 11) is -3.52. The highest BCUT2D eigenvalue weighted by Gasteiger charge is 2.26. The lowest BCUT2D eigenvalue weighted by molar-refractivity contribution is 0.0730. The quantitative estimate of drug-likeness (QED) is 0.819. The minimum atomic E-state index is -3.52. The molecule has 0 spiro atoms. The molecule has 2 aromatic rings. The van der Waals surface area contributed by atoms with E-state index in [1.165, 1.54) is 16.4 Å². The van der Waals surface area contributed by atoms with Crippen molar-refractivity contribution in [1.29, 1.82) is 0 Å². The molecule has 0 bridgehead atoms. The molecule has 0 aromatic heterocycles. The molecular formula is C20H25NO5S. The summed E-state index contributed by atoms with van der Waals surface area (Å²) in [5, 5.41) is 10.4. The SMILES string of the molecule is Cc1ccc(C)c(C(O)COc2ccc(S(=O)(=O)N3CCOCC3)cc2)c1. The van der Waals surface area contributed by atoms with Crippen LogP contribution < -0.4 is 4.74 Å². The molecule has 0 aliphatic carbocycles. The number of morpholine rings is 1. The van der Waals surface area contributed by atoms with Gasteiger partial charge in [-0.2, -0.15) is 4.31 Å². The molecule has 3 rings (SSSR count). The maximum absolute atomic E-state index is 12.6. The topological polar surface area (TPSA) is 76.1 Å². The van der Waals surface area contributed by atoms with E-state index < -0.39 is 16.1 Å². The summed E-state index contributed by atoms with van der Waals surface area (Å²) in [4.78, 5) is 0.229. The van der Waals surface area contributed by atoms with Crippen LogP contribution in [0.2, 0.25) is 0 Å². The molecular weight excluding hydrogens is 366 g/mol. The van der Waals surface area contributed by atoms with Gasteiger partial charge >= 0.3 is 0 Å². The third-order valence-electron chi connectivity index (χ3n) is 4.63. The van der Waals surface area contributed by atoms with Crippen LogP contribution >= 0.6 is 0 Å². The number of hydrogen-bond donors (Lipinski definition) is 1. The van der Waals surface area contributed by atoms with Crippen LogP contribution in [0.15, 0.2) is 47.4 Å². The molecule has 1 heterocycles. The van der Waals surface area contributed by atoms with Crippen LogP contribution in [0.1, 0.15) is 22.8 Å². The van der Waals surface area contributed by atoms with Crippen molar-refractivity contribution in [2.75, 3.05) is 32.9 Å². The fraction of sp³-hybridized carbons (Fsp3) is 0.400. The lowest BCUT2D eigenvalue weighted by Crippen LogP contribution is -2.40. The largest absolute Gasteiger partial charge is 0.491 e. The Bertz CT molecular complexity index is 874. The van der Waals surface area contributed by atoms with Gasteiger partial charge in [-0.1, -0.05) is 23.8 Å². The van der Waals surface area contributed by atoms with Gasteiger partial charge in [0.05, 0.1) is 18.1 Å². The van der Waals surface area contributed by atoms with Gasteiger partial charge in [0.2, 0.25) is 10.0 Å². The zero-order chi connectivity index (χ0) is 19.4. The lowest BCUT2D eigenvalue weighted by Gasteiger charge is -2.26. The minimum absolute atomic E-state index is 0.0971. The predicted molar refractivity (Wildman–Crippen MR) is 102 cm³/mol. The van der Waals surface area contributed by atoms with Crippen molar-refractivity contribution in [3.8, 4) is 5.75 Å². The summed E-state index contributed by atoms with van der Waals surface area (Å²) in [6, 6.07) is 12.2. The molecule has 1 unspecified atom stereocenters. The zero-order valence-corrected chi connectivity index (χ0v) is 16.4. The Hall–Kier alpha value is -1.93.